The number of aryl methyl sites for hydroxylation is 2. The molecule has 6 nitrogen and oxygen atoms in total. The Balaban J connectivity index is 1.43. The van der Waals surface area contributed by atoms with Crippen LogP contribution in [0.25, 0.3) is 5.69 Å². The summed E-state index contributed by atoms with van der Waals surface area (Å²) in [7, 11) is 0. The van der Waals surface area contributed by atoms with E-state index in [4.69, 9.17) is 0 Å². The molecule has 2 aromatic carbocycles. The standard InChI is InChI=1S/C22H24N4O2/c1-16-15-17(2)26(23-16)19-9-7-18(8-10-19)22(28)25-13-11-24(12-14-25)20-5-3-4-6-21(20)27/h3-10,15,27H,11-14H2,1-2H3. The lowest BCUT2D eigenvalue weighted by Crippen LogP contribution is -2.48. The van der Waals surface area contributed by atoms with Gasteiger partial charge in [0.15, 0.2) is 0 Å². The topological polar surface area (TPSA) is 61.6 Å². The first-order valence-electron chi connectivity index (χ1n) is 9.49. The number of nitrogens with zero attached hydrogens (tertiary/aromatic N) is 4. The highest BCUT2D eigenvalue weighted by Gasteiger charge is 2.23. The van der Waals surface area contributed by atoms with Gasteiger partial charge >= 0.3 is 0 Å². The van der Waals surface area contributed by atoms with E-state index in [1.807, 2.05) is 72.0 Å². The first kappa shape index (κ1) is 18.1. The Morgan fingerprint density at radius 2 is 1.64 bits per heavy atom. The van der Waals surface area contributed by atoms with Crippen LogP contribution in [0.15, 0.2) is 54.6 Å². The number of piperazine rings is 1. The van der Waals surface area contributed by atoms with Crippen molar-refractivity contribution in [2.45, 2.75) is 13.8 Å². The van der Waals surface area contributed by atoms with Crippen molar-refractivity contribution in [3.05, 3.63) is 71.5 Å². The third-order valence-electron chi connectivity index (χ3n) is 5.16. The molecule has 28 heavy (non-hydrogen) atoms. The summed E-state index contributed by atoms with van der Waals surface area (Å²) >= 11 is 0. The fourth-order valence-corrected chi connectivity index (χ4v) is 3.70. The van der Waals surface area contributed by atoms with Gasteiger partial charge in [0.2, 0.25) is 0 Å². The van der Waals surface area contributed by atoms with Gasteiger partial charge < -0.3 is 14.9 Å². The Hall–Kier alpha value is -3.28. The Morgan fingerprint density at radius 3 is 2.25 bits per heavy atom. The smallest absolute Gasteiger partial charge is 0.253 e. The Labute approximate surface area is 164 Å². The summed E-state index contributed by atoms with van der Waals surface area (Å²) < 4.78 is 1.88. The van der Waals surface area contributed by atoms with Crippen LogP contribution in [0.3, 0.4) is 0 Å². The van der Waals surface area contributed by atoms with E-state index in [1.54, 1.807) is 6.07 Å². The van der Waals surface area contributed by atoms with Gasteiger partial charge in [-0.3, -0.25) is 4.79 Å². The predicted molar refractivity (Wildman–Crippen MR) is 109 cm³/mol. The molecule has 0 aliphatic carbocycles. The molecule has 6 heteroatoms. The predicted octanol–water partition coefficient (Wildman–Crippen LogP) is 3.16. The molecule has 1 saturated heterocycles. The van der Waals surface area contributed by atoms with Gasteiger partial charge in [-0.1, -0.05) is 12.1 Å². The zero-order valence-corrected chi connectivity index (χ0v) is 16.2. The molecule has 1 fully saturated rings. The number of aromatic nitrogens is 2. The highest BCUT2D eigenvalue weighted by Crippen LogP contribution is 2.27. The minimum Gasteiger partial charge on any atom is -0.506 e. The lowest BCUT2D eigenvalue weighted by Gasteiger charge is -2.36. The Morgan fingerprint density at radius 1 is 0.964 bits per heavy atom. The molecule has 1 amide bonds. The monoisotopic (exact) mass is 376 g/mol. The second-order valence-corrected chi connectivity index (χ2v) is 7.15. The summed E-state index contributed by atoms with van der Waals surface area (Å²) in [6.45, 7) is 6.65. The molecular weight excluding hydrogens is 352 g/mol. The third kappa shape index (κ3) is 3.45. The molecule has 144 valence electrons. The summed E-state index contributed by atoms with van der Waals surface area (Å²) in [6.07, 6.45) is 0. The zero-order valence-electron chi connectivity index (χ0n) is 16.2. The van der Waals surface area contributed by atoms with E-state index in [0.29, 0.717) is 31.7 Å². The van der Waals surface area contributed by atoms with Crippen LogP contribution >= 0.6 is 0 Å². The number of hydrogen-bond acceptors (Lipinski definition) is 4. The van der Waals surface area contributed by atoms with Crippen molar-refractivity contribution in [2.75, 3.05) is 31.1 Å². The molecule has 0 unspecified atom stereocenters. The molecule has 1 N–H and O–H groups in total. The largest absolute Gasteiger partial charge is 0.506 e. The van der Waals surface area contributed by atoms with Crippen LogP contribution in [-0.2, 0) is 0 Å². The Bertz CT molecular complexity index is 986. The number of para-hydroxylation sites is 2. The summed E-state index contributed by atoms with van der Waals surface area (Å²) in [6, 6.07) is 17.0. The number of benzene rings is 2. The average Bonchev–Trinajstić information content (AvgIpc) is 3.06. The second-order valence-electron chi connectivity index (χ2n) is 7.15. The summed E-state index contributed by atoms with van der Waals surface area (Å²) in [5.41, 5.74) is 4.49. The van der Waals surface area contributed by atoms with Crippen molar-refractivity contribution in [2.24, 2.45) is 0 Å². The number of phenolic OH excluding ortho intramolecular Hbond substituents is 1. The Kier molecular flexibility index (Phi) is 4.77. The average molecular weight is 376 g/mol. The van der Waals surface area contributed by atoms with E-state index in [1.165, 1.54) is 0 Å². The summed E-state index contributed by atoms with van der Waals surface area (Å²) in [4.78, 5) is 16.9. The maximum atomic E-state index is 12.9. The number of hydrogen-bond donors (Lipinski definition) is 1. The van der Waals surface area contributed by atoms with Crippen LogP contribution < -0.4 is 4.90 Å². The van der Waals surface area contributed by atoms with Crippen molar-refractivity contribution in [3.8, 4) is 11.4 Å². The van der Waals surface area contributed by atoms with Crippen molar-refractivity contribution >= 4 is 11.6 Å². The molecule has 2 heterocycles. The molecule has 1 aromatic heterocycles. The number of phenols is 1. The van der Waals surface area contributed by atoms with Crippen LogP contribution in [0.5, 0.6) is 5.75 Å². The van der Waals surface area contributed by atoms with Gasteiger partial charge in [0.05, 0.1) is 17.1 Å². The van der Waals surface area contributed by atoms with Gasteiger partial charge in [-0.2, -0.15) is 5.10 Å². The van der Waals surface area contributed by atoms with Gasteiger partial charge in [0.25, 0.3) is 5.91 Å². The van der Waals surface area contributed by atoms with Crippen LogP contribution in [-0.4, -0.2) is 51.9 Å². The van der Waals surface area contributed by atoms with Gasteiger partial charge in [-0.25, -0.2) is 4.68 Å². The van der Waals surface area contributed by atoms with Crippen molar-refractivity contribution in [1.82, 2.24) is 14.7 Å². The highest BCUT2D eigenvalue weighted by molar-refractivity contribution is 5.94. The van der Waals surface area contributed by atoms with E-state index >= 15 is 0 Å². The molecule has 0 bridgehead atoms. The molecular formula is C22H24N4O2. The third-order valence-corrected chi connectivity index (χ3v) is 5.16. The minimum absolute atomic E-state index is 0.0388. The normalized spacial score (nSPS) is 14.4. The number of carbonyl (C=O) groups excluding carboxylic acids is 1. The number of anilines is 1. The van der Waals surface area contributed by atoms with E-state index in [0.717, 1.165) is 22.8 Å². The number of rotatable bonds is 3. The molecule has 0 atom stereocenters. The fourth-order valence-electron chi connectivity index (χ4n) is 3.70. The highest BCUT2D eigenvalue weighted by atomic mass is 16.3. The molecule has 0 radical (unpaired) electrons. The SMILES string of the molecule is Cc1cc(C)n(-c2ccc(C(=O)N3CCN(c4ccccc4O)CC3)cc2)n1. The number of amides is 1. The minimum atomic E-state index is 0.0388. The first-order chi connectivity index (χ1) is 13.5. The van der Waals surface area contributed by atoms with Gasteiger partial charge in [-0.05, 0) is 56.3 Å². The van der Waals surface area contributed by atoms with Crippen LogP contribution in [0.2, 0.25) is 0 Å². The molecule has 3 aromatic rings. The first-order valence-corrected chi connectivity index (χ1v) is 9.49. The summed E-state index contributed by atoms with van der Waals surface area (Å²) in [5.74, 6) is 0.318. The molecule has 1 aliphatic rings. The van der Waals surface area contributed by atoms with E-state index in [-0.39, 0.29) is 11.7 Å². The van der Waals surface area contributed by atoms with Crippen LogP contribution in [0.1, 0.15) is 21.7 Å². The molecule has 1 aliphatic heterocycles. The van der Waals surface area contributed by atoms with Crippen molar-refractivity contribution < 1.29 is 9.90 Å². The van der Waals surface area contributed by atoms with E-state index < -0.39 is 0 Å². The maximum Gasteiger partial charge on any atom is 0.253 e. The number of aromatic hydroxyl groups is 1. The summed E-state index contributed by atoms with van der Waals surface area (Å²) in [5, 5.41) is 14.5. The van der Waals surface area contributed by atoms with Crippen LogP contribution in [0.4, 0.5) is 5.69 Å². The quantitative estimate of drug-likeness (QED) is 0.763. The lowest BCUT2D eigenvalue weighted by molar-refractivity contribution is 0.0746. The fraction of sp³-hybridized carbons (Fsp3) is 0.273. The maximum absolute atomic E-state index is 12.9. The van der Waals surface area contributed by atoms with Gasteiger partial charge in [-0.15, -0.1) is 0 Å². The van der Waals surface area contributed by atoms with E-state index in [2.05, 4.69) is 10.00 Å². The van der Waals surface area contributed by atoms with E-state index in [9.17, 15) is 9.90 Å². The van der Waals surface area contributed by atoms with Crippen molar-refractivity contribution in [1.29, 1.82) is 0 Å². The molecule has 0 spiro atoms. The molecule has 0 saturated carbocycles. The van der Waals surface area contributed by atoms with Crippen LogP contribution in [0, 0.1) is 13.8 Å². The van der Waals surface area contributed by atoms with Crippen molar-refractivity contribution in [3.63, 3.8) is 0 Å². The molecule has 4 rings (SSSR count). The zero-order chi connectivity index (χ0) is 19.7. The second kappa shape index (κ2) is 7.38. The lowest BCUT2D eigenvalue weighted by atomic mass is 10.1. The number of carbonyl (C=O) groups is 1. The van der Waals surface area contributed by atoms with Gasteiger partial charge in [0, 0.05) is 37.4 Å². The van der Waals surface area contributed by atoms with Gasteiger partial charge in [0.1, 0.15) is 5.75 Å².